The number of hydrogen-bond acceptors (Lipinski definition) is 5. The van der Waals surface area contributed by atoms with E-state index in [1.54, 1.807) is 4.68 Å². The molecule has 1 N–H and O–H groups in total. The van der Waals surface area contributed by atoms with E-state index in [2.05, 4.69) is 63.8 Å². The zero-order valence-corrected chi connectivity index (χ0v) is 19.4. The lowest BCUT2D eigenvalue weighted by Crippen LogP contribution is -2.26. The number of aromatic amines is 1. The average Bonchev–Trinajstić information content (AvgIpc) is 3.48. The molecule has 0 atom stereocenters. The van der Waals surface area contributed by atoms with Crippen LogP contribution in [0.15, 0.2) is 53.3 Å². The fourth-order valence-corrected chi connectivity index (χ4v) is 4.07. The highest BCUT2D eigenvalue weighted by molar-refractivity contribution is 5.80. The largest absolute Gasteiger partial charge is 0.346 e. The van der Waals surface area contributed by atoms with Crippen LogP contribution in [0.2, 0.25) is 0 Å². The van der Waals surface area contributed by atoms with Crippen molar-refractivity contribution in [1.82, 2.24) is 35.0 Å². The minimum atomic E-state index is -0.0125. The number of rotatable bonds is 11. The van der Waals surface area contributed by atoms with Crippen molar-refractivity contribution in [2.75, 3.05) is 0 Å². The van der Waals surface area contributed by atoms with Crippen LogP contribution in [0.4, 0.5) is 0 Å². The SMILES string of the molecule is CCCCCCn1nc(CCC)n(Cc2ccc(-c3ccccc3-c3nn[nH]n3)cc2)c1=O. The van der Waals surface area contributed by atoms with Crippen molar-refractivity contribution < 1.29 is 0 Å². The van der Waals surface area contributed by atoms with Gasteiger partial charge in [-0.15, -0.1) is 10.2 Å². The predicted molar refractivity (Wildman–Crippen MR) is 129 cm³/mol. The quantitative estimate of drug-likeness (QED) is 0.344. The highest BCUT2D eigenvalue weighted by Gasteiger charge is 2.14. The van der Waals surface area contributed by atoms with Gasteiger partial charge >= 0.3 is 5.69 Å². The molecule has 0 aliphatic rings. The summed E-state index contributed by atoms with van der Waals surface area (Å²) in [5, 5.41) is 19.1. The van der Waals surface area contributed by atoms with E-state index in [4.69, 9.17) is 0 Å². The van der Waals surface area contributed by atoms with Crippen LogP contribution in [0, 0.1) is 0 Å². The molecule has 0 spiro atoms. The Morgan fingerprint density at radius 1 is 0.909 bits per heavy atom. The van der Waals surface area contributed by atoms with E-state index in [1.807, 2.05) is 28.8 Å². The minimum absolute atomic E-state index is 0.0125. The lowest BCUT2D eigenvalue weighted by Gasteiger charge is -2.09. The van der Waals surface area contributed by atoms with Crippen molar-refractivity contribution in [3.8, 4) is 22.5 Å². The molecule has 172 valence electrons. The zero-order valence-electron chi connectivity index (χ0n) is 19.4. The first-order valence-electron chi connectivity index (χ1n) is 11.8. The van der Waals surface area contributed by atoms with Crippen molar-refractivity contribution in [2.45, 2.75) is 65.5 Å². The summed E-state index contributed by atoms with van der Waals surface area (Å²) in [6, 6.07) is 16.3. The van der Waals surface area contributed by atoms with Crippen LogP contribution in [0.5, 0.6) is 0 Å². The van der Waals surface area contributed by atoms with Crippen LogP contribution < -0.4 is 5.69 Å². The number of hydrogen-bond donors (Lipinski definition) is 1. The van der Waals surface area contributed by atoms with Crippen molar-refractivity contribution in [2.24, 2.45) is 0 Å². The van der Waals surface area contributed by atoms with Crippen molar-refractivity contribution >= 4 is 0 Å². The second-order valence-corrected chi connectivity index (χ2v) is 8.30. The second kappa shape index (κ2) is 10.8. The first-order valence-corrected chi connectivity index (χ1v) is 11.8. The maximum Gasteiger partial charge on any atom is 0.346 e. The van der Waals surface area contributed by atoms with E-state index in [-0.39, 0.29) is 5.69 Å². The number of H-pyrrole nitrogens is 1. The molecule has 8 nitrogen and oxygen atoms in total. The second-order valence-electron chi connectivity index (χ2n) is 8.30. The number of benzene rings is 2. The Morgan fingerprint density at radius 3 is 2.39 bits per heavy atom. The van der Waals surface area contributed by atoms with Gasteiger partial charge in [-0.3, -0.25) is 4.57 Å². The summed E-state index contributed by atoms with van der Waals surface area (Å²) in [7, 11) is 0. The molecule has 0 bridgehead atoms. The lowest BCUT2D eigenvalue weighted by atomic mass is 9.98. The Morgan fingerprint density at radius 2 is 1.70 bits per heavy atom. The topological polar surface area (TPSA) is 94.3 Å². The Labute approximate surface area is 193 Å². The number of nitrogens with zero attached hydrogens (tertiary/aromatic N) is 6. The van der Waals surface area contributed by atoms with Crippen LogP contribution in [0.3, 0.4) is 0 Å². The van der Waals surface area contributed by atoms with Crippen LogP contribution in [-0.4, -0.2) is 35.0 Å². The zero-order chi connectivity index (χ0) is 23.0. The van der Waals surface area contributed by atoms with Gasteiger partial charge in [-0.25, -0.2) is 9.48 Å². The number of nitrogens with one attached hydrogen (secondary N) is 1. The minimum Gasteiger partial charge on any atom is -0.274 e. The Kier molecular flexibility index (Phi) is 7.44. The lowest BCUT2D eigenvalue weighted by molar-refractivity contribution is 0.520. The Hall–Kier alpha value is -3.55. The van der Waals surface area contributed by atoms with E-state index in [1.165, 1.54) is 12.8 Å². The van der Waals surface area contributed by atoms with E-state index in [9.17, 15) is 4.79 Å². The van der Waals surface area contributed by atoms with Crippen molar-refractivity contribution in [3.05, 3.63) is 70.4 Å². The summed E-state index contributed by atoms with van der Waals surface area (Å²) >= 11 is 0. The van der Waals surface area contributed by atoms with E-state index < -0.39 is 0 Å². The summed E-state index contributed by atoms with van der Waals surface area (Å²) in [6.45, 7) is 5.52. The molecule has 0 amide bonds. The Balaban J connectivity index is 1.55. The molecule has 0 radical (unpaired) electrons. The highest BCUT2D eigenvalue weighted by Crippen LogP contribution is 2.29. The fourth-order valence-electron chi connectivity index (χ4n) is 4.07. The van der Waals surface area contributed by atoms with E-state index in [0.29, 0.717) is 18.9 Å². The summed E-state index contributed by atoms with van der Waals surface area (Å²) in [5.74, 6) is 1.43. The average molecular weight is 446 g/mol. The highest BCUT2D eigenvalue weighted by atomic mass is 16.2. The van der Waals surface area contributed by atoms with Crippen molar-refractivity contribution in [3.63, 3.8) is 0 Å². The molecule has 0 aliphatic carbocycles. The molecule has 4 rings (SSSR count). The molecule has 2 aromatic heterocycles. The van der Waals surface area contributed by atoms with Gasteiger partial charge in [0.05, 0.1) is 6.54 Å². The molecule has 0 saturated carbocycles. The summed E-state index contributed by atoms with van der Waals surface area (Å²) in [4.78, 5) is 13.0. The summed E-state index contributed by atoms with van der Waals surface area (Å²) in [5.41, 5.74) is 4.08. The molecule has 0 fully saturated rings. The third-order valence-electron chi connectivity index (χ3n) is 5.82. The first-order chi connectivity index (χ1) is 16.2. The van der Waals surface area contributed by atoms with Gasteiger partial charge in [0, 0.05) is 18.5 Å². The van der Waals surface area contributed by atoms with Gasteiger partial charge in [0.2, 0.25) is 5.82 Å². The summed E-state index contributed by atoms with van der Waals surface area (Å²) in [6.07, 6.45) is 6.25. The van der Waals surface area contributed by atoms with Crippen LogP contribution in [0.1, 0.15) is 57.3 Å². The van der Waals surface area contributed by atoms with Gasteiger partial charge in [-0.05, 0) is 34.7 Å². The third-order valence-corrected chi connectivity index (χ3v) is 5.82. The van der Waals surface area contributed by atoms with Gasteiger partial charge in [0.15, 0.2) is 0 Å². The Bertz CT molecular complexity index is 1210. The molecule has 33 heavy (non-hydrogen) atoms. The van der Waals surface area contributed by atoms with Gasteiger partial charge < -0.3 is 0 Å². The molecular weight excluding hydrogens is 414 g/mol. The number of aromatic nitrogens is 7. The summed E-state index contributed by atoms with van der Waals surface area (Å²) < 4.78 is 3.47. The molecule has 0 saturated heterocycles. The fraction of sp³-hybridized carbons (Fsp3) is 0.400. The van der Waals surface area contributed by atoms with Gasteiger partial charge in [0.1, 0.15) is 5.82 Å². The van der Waals surface area contributed by atoms with E-state index >= 15 is 0 Å². The maximum atomic E-state index is 13.0. The molecule has 2 heterocycles. The van der Waals surface area contributed by atoms with Crippen LogP contribution in [-0.2, 0) is 19.5 Å². The first kappa shape index (κ1) is 22.6. The van der Waals surface area contributed by atoms with Gasteiger partial charge in [0.25, 0.3) is 0 Å². The van der Waals surface area contributed by atoms with Gasteiger partial charge in [-0.2, -0.15) is 10.3 Å². The number of aryl methyl sites for hydroxylation is 2. The van der Waals surface area contributed by atoms with Crippen LogP contribution >= 0.6 is 0 Å². The monoisotopic (exact) mass is 445 g/mol. The normalized spacial score (nSPS) is 11.2. The molecule has 2 aromatic carbocycles. The smallest absolute Gasteiger partial charge is 0.274 e. The molecule has 0 unspecified atom stereocenters. The maximum absolute atomic E-state index is 13.0. The van der Waals surface area contributed by atoms with Gasteiger partial charge in [-0.1, -0.05) is 81.6 Å². The van der Waals surface area contributed by atoms with Crippen LogP contribution in [0.25, 0.3) is 22.5 Å². The standard InChI is InChI=1S/C25H31N7O/c1-3-5-6-9-17-32-25(33)31(23(28-32)10-4-2)18-19-13-15-20(16-14-19)21-11-7-8-12-22(21)24-26-29-30-27-24/h7-8,11-16H,3-6,9-10,17-18H2,1-2H3,(H,26,27,29,30). The van der Waals surface area contributed by atoms with Crippen molar-refractivity contribution in [1.29, 1.82) is 0 Å². The number of unbranched alkanes of at least 4 members (excludes halogenated alkanes) is 3. The molecule has 0 aliphatic heterocycles. The van der Waals surface area contributed by atoms with E-state index in [0.717, 1.165) is 53.8 Å². The third kappa shape index (κ3) is 5.27. The molecule has 8 heteroatoms. The predicted octanol–water partition coefficient (Wildman–Crippen LogP) is 4.47. The number of tetrazole rings is 1. The molecule has 4 aromatic rings. The molecular formula is C25H31N7O.